The third-order valence-corrected chi connectivity index (χ3v) is 3.46. The second-order valence-corrected chi connectivity index (χ2v) is 5.19. The summed E-state index contributed by atoms with van der Waals surface area (Å²) in [5, 5.41) is 14.4. The number of nitrogens with zero attached hydrogens (tertiary/aromatic N) is 1. The molecule has 0 radical (unpaired) electrons. The number of carboxylic acid groups (broad SMARTS) is 1. The van der Waals surface area contributed by atoms with E-state index in [1.807, 2.05) is 26.0 Å². The molecule has 6 nitrogen and oxygen atoms in total. The van der Waals surface area contributed by atoms with Crippen LogP contribution in [0.4, 0.5) is 0 Å². The molecule has 2 rings (SSSR count). The number of benzene rings is 2. The first-order valence-electron chi connectivity index (χ1n) is 7.29. The van der Waals surface area contributed by atoms with Gasteiger partial charge in [0.25, 0.3) is 5.91 Å². The third kappa shape index (κ3) is 4.67. The predicted molar refractivity (Wildman–Crippen MR) is 87.9 cm³/mol. The molecule has 6 heteroatoms. The van der Waals surface area contributed by atoms with Crippen LogP contribution in [0.1, 0.15) is 27.0 Å². The zero-order valence-corrected chi connectivity index (χ0v) is 13.4. The number of rotatable bonds is 6. The van der Waals surface area contributed by atoms with E-state index in [-0.39, 0.29) is 12.2 Å². The van der Waals surface area contributed by atoms with Gasteiger partial charge in [0.05, 0.1) is 12.2 Å². The highest BCUT2D eigenvalue weighted by Crippen LogP contribution is 2.20. The standard InChI is InChI=1S/C18H18N2O4/c1-12-4-3-5-16(13(12)2)24-11-17(21)20-19-10-14-6-8-15(9-7-14)18(22)23/h3-10H,11H2,1-2H3,(H,20,21)(H,22,23)/p-1. The van der Waals surface area contributed by atoms with Crippen molar-refractivity contribution in [2.24, 2.45) is 5.10 Å². The van der Waals surface area contributed by atoms with Crippen LogP contribution in [0.25, 0.3) is 0 Å². The van der Waals surface area contributed by atoms with Gasteiger partial charge in [-0.15, -0.1) is 0 Å². The van der Waals surface area contributed by atoms with Gasteiger partial charge in [-0.3, -0.25) is 4.79 Å². The highest BCUT2D eigenvalue weighted by Gasteiger charge is 2.05. The Morgan fingerprint density at radius 2 is 1.88 bits per heavy atom. The van der Waals surface area contributed by atoms with Crippen molar-refractivity contribution in [3.63, 3.8) is 0 Å². The minimum Gasteiger partial charge on any atom is -0.545 e. The van der Waals surface area contributed by atoms with E-state index in [1.165, 1.54) is 18.3 Å². The van der Waals surface area contributed by atoms with E-state index in [2.05, 4.69) is 10.5 Å². The molecule has 2 aromatic carbocycles. The van der Waals surface area contributed by atoms with Crippen LogP contribution >= 0.6 is 0 Å². The van der Waals surface area contributed by atoms with Crippen molar-refractivity contribution in [2.75, 3.05) is 6.61 Å². The average molecular weight is 325 g/mol. The van der Waals surface area contributed by atoms with Crippen molar-refractivity contribution < 1.29 is 19.4 Å². The number of hydrogen-bond acceptors (Lipinski definition) is 5. The Balaban J connectivity index is 1.84. The number of amides is 1. The van der Waals surface area contributed by atoms with Gasteiger partial charge in [0.1, 0.15) is 5.75 Å². The summed E-state index contributed by atoms with van der Waals surface area (Å²) >= 11 is 0. The van der Waals surface area contributed by atoms with Gasteiger partial charge in [-0.2, -0.15) is 5.10 Å². The monoisotopic (exact) mass is 325 g/mol. The lowest BCUT2D eigenvalue weighted by atomic mass is 10.1. The van der Waals surface area contributed by atoms with Gasteiger partial charge in [0.15, 0.2) is 6.61 Å². The van der Waals surface area contributed by atoms with Crippen LogP contribution in [0.3, 0.4) is 0 Å². The number of carboxylic acids is 1. The highest BCUT2D eigenvalue weighted by atomic mass is 16.5. The van der Waals surface area contributed by atoms with Gasteiger partial charge in [0, 0.05) is 0 Å². The van der Waals surface area contributed by atoms with Crippen molar-refractivity contribution in [1.29, 1.82) is 0 Å². The number of ether oxygens (including phenoxy) is 1. The first-order valence-corrected chi connectivity index (χ1v) is 7.29. The molecule has 1 N–H and O–H groups in total. The lowest BCUT2D eigenvalue weighted by Gasteiger charge is -2.09. The normalized spacial score (nSPS) is 10.6. The number of hydrazone groups is 1. The molecule has 1 amide bonds. The predicted octanol–water partition coefficient (Wildman–Crippen LogP) is 1.20. The fraction of sp³-hybridized carbons (Fsp3) is 0.167. The van der Waals surface area contributed by atoms with Gasteiger partial charge >= 0.3 is 0 Å². The average Bonchev–Trinajstić information content (AvgIpc) is 2.56. The van der Waals surface area contributed by atoms with Crippen LogP contribution in [0.15, 0.2) is 47.6 Å². The Morgan fingerprint density at radius 3 is 2.54 bits per heavy atom. The summed E-state index contributed by atoms with van der Waals surface area (Å²) in [6, 6.07) is 11.6. The summed E-state index contributed by atoms with van der Waals surface area (Å²) in [7, 11) is 0. The summed E-state index contributed by atoms with van der Waals surface area (Å²) in [5.74, 6) is -0.971. The van der Waals surface area contributed by atoms with Gasteiger partial charge < -0.3 is 14.6 Å². The Labute approximate surface area is 139 Å². The first kappa shape index (κ1) is 17.2. The summed E-state index contributed by atoms with van der Waals surface area (Å²) in [5.41, 5.74) is 5.16. The molecule has 24 heavy (non-hydrogen) atoms. The van der Waals surface area contributed by atoms with Crippen LogP contribution in [-0.2, 0) is 4.79 Å². The fourth-order valence-electron chi connectivity index (χ4n) is 1.94. The number of aryl methyl sites for hydroxylation is 1. The van der Waals surface area contributed by atoms with Crippen LogP contribution < -0.4 is 15.3 Å². The lowest BCUT2D eigenvalue weighted by molar-refractivity contribution is -0.255. The van der Waals surface area contributed by atoms with Crippen LogP contribution in [0.2, 0.25) is 0 Å². The summed E-state index contributed by atoms with van der Waals surface area (Å²) in [4.78, 5) is 22.3. The van der Waals surface area contributed by atoms with Crippen molar-refractivity contribution in [3.8, 4) is 5.75 Å². The molecule has 2 aromatic rings. The molecule has 0 heterocycles. The number of hydrogen-bond donors (Lipinski definition) is 1. The lowest BCUT2D eigenvalue weighted by Crippen LogP contribution is -2.24. The van der Waals surface area contributed by atoms with E-state index in [9.17, 15) is 14.7 Å². The smallest absolute Gasteiger partial charge is 0.277 e. The fourth-order valence-corrected chi connectivity index (χ4v) is 1.94. The quantitative estimate of drug-likeness (QED) is 0.638. The Kier molecular flexibility index (Phi) is 5.68. The largest absolute Gasteiger partial charge is 0.545 e. The first-order chi connectivity index (χ1) is 11.5. The Hall–Kier alpha value is -3.15. The van der Waals surface area contributed by atoms with E-state index in [0.717, 1.165) is 11.1 Å². The molecule has 0 saturated carbocycles. The van der Waals surface area contributed by atoms with E-state index < -0.39 is 11.9 Å². The van der Waals surface area contributed by atoms with Gasteiger partial charge in [-0.1, -0.05) is 36.4 Å². The van der Waals surface area contributed by atoms with E-state index in [0.29, 0.717) is 11.3 Å². The van der Waals surface area contributed by atoms with Gasteiger partial charge in [-0.05, 0) is 42.2 Å². The van der Waals surface area contributed by atoms with Crippen molar-refractivity contribution in [3.05, 3.63) is 64.7 Å². The van der Waals surface area contributed by atoms with Gasteiger partial charge in [0.2, 0.25) is 0 Å². The molecule has 0 aliphatic rings. The number of aromatic carboxylic acids is 1. The van der Waals surface area contributed by atoms with E-state index >= 15 is 0 Å². The molecule has 0 fully saturated rings. The van der Waals surface area contributed by atoms with E-state index in [4.69, 9.17) is 4.74 Å². The molecule has 124 valence electrons. The molecule has 0 saturated heterocycles. The van der Waals surface area contributed by atoms with Gasteiger partial charge in [-0.25, -0.2) is 5.43 Å². The molecule has 0 aliphatic carbocycles. The molecule has 0 aliphatic heterocycles. The molecular weight excluding hydrogens is 308 g/mol. The third-order valence-electron chi connectivity index (χ3n) is 3.46. The van der Waals surface area contributed by atoms with Crippen molar-refractivity contribution >= 4 is 18.1 Å². The van der Waals surface area contributed by atoms with Crippen LogP contribution in [0, 0.1) is 13.8 Å². The second-order valence-electron chi connectivity index (χ2n) is 5.19. The molecule has 0 bridgehead atoms. The van der Waals surface area contributed by atoms with Crippen molar-refractivity contribution in [2.45, 2.75) is 13.8 Å². The number of nitrogens with one attached hydrogen (secondary N) is 1. The van der Waals surface area contributed by atoms with Crippen molar-refractivity contribution in [1.82, 2.24) is 5.43 Å². The van der Waals surface area contributed by atoms with Crippen LogP contribution in [0.5, 0.6) is 5.75 Å². The summed E-state index contributed by atoms with van der Waals surface area (Å²) in [6.45, 7) is 3.75. The molecule has 0 atom stereocenters. The molecular formula is C18H17N2O4-. The maximum atomic E-state index is 11.7. The number of carbonyl (C=O) groups is 2. The highest BCUT2D eigenvalue weighted by molar-refractivity contribution is 5.88. The molecule has 0 spiro atoms. The Bertz CT molecular complexity index is 767. The topological polar surface area (TPSA) is 90.8 Å². The summed E-state index contributed by atoms with van der Waals surface area (Å²) < 4.78 is 5.47. The maximum absolute atomic E-state index is 11.7. The summed E-state index contributed by atoms with van der Waals surface area (Å²) in [6.07, 6.45) is 1.41. The zero-order valence-electron chi connectivity index (χ0n) is 13.4. The minimum atomic E-state index is -1.24. The minimum absolute atomic E-state index is 0.0816. The second kappa shape index (κ2) is 7.92. The maximum Gasteiger partial charge on any atom is 0.277 e. The molecule has 0 unspecified atom stereocenters. The SMILES string of the molecule is Cc1cccc(OCC(=O)NN=Cc2ccc(C(=O)[O-])cc2)c1C. The van der Waals surface area contributed by atoms with Crippen LogP contribution in [-0.4, -0.2) is 24.7 Å². The van der Waals surface area contributed by atoms with E-state index in [1.54, 1.807) is 18.2 Å². The Morgan fingerprint density at radius 1 is 1.17 bits per heavy atom. The number of carbonyl (C=O) groups excluding carboxylic acids is 2. The zero-order chi connectivity index (χ0) is 17.5. The molecule has 0 aromatic heterocycles.